The second-order valence-corrected chi connectivity index (χ2v) is 7.29. The molecule has 2 rings (SSSR count). The molecule has 1 atom stereocenters. The van der Waals surface area contributed by atoms with Crippen molar-refractivity contribution in [2.75, 3.05) is 18.0 Å². The minimum atomic E-state index is -4.43. The Bertz CT molecular complexity index is 613. The molecule has 8 heteroatoms. The van der Waals surface area contributed by atoms with Crippen LogP contribution >= 0.6 is 0 Å². The number of amides is 1. The van der Waals surface area contributed by atoms with Crippen molar-refractivity contribution in [3.63, 3.8) is 0 Å². The summed E-state index contributed by atoms with van der Waals surface area (Å²) in [6.45, 7) is 8.06. The van der Waals surface area contributed by atoms with Crippen LogP contribution in [0.2, 0.25) is 0 Å². The minimum absolute atomic E-state index is 0.384. The van der Waals surface area contributed by atoms with Crippen LogP contribution in [0.15, 0.2) is 18.5 Å². The summed E-state index contributed by atoms with van der Waals surface area (Å²) >= 11 is 0. The number of anilines is 1. The number of pyridine rings is 1. The van der Waals surface area contributed by atoms with Crippen LogP contribution in [0.1, 0.15) is 39.7 Å². The fourth-order valence-electron chi connectivity index (χ4n) is 2.59. The van der Waals surface area contributed by atoms with Gasteiger partial charge in [0.1, 0.15) is 5.60 Å². The molecule has 134 valence electrons. The lowest BCUT2D eigenvalue weighted by Gasteiger charge is -2.29. The highest BCUT2D eigenvalue weighted by atomic mass is 19.4. The van der Waals surface area contributed by atoms with E-state index in [2.05, 4.69) is 10.3 Å². The molecule has 0 unspecified atom stereocenters. The zero-order valence-corrected chi connectivity index (χ0v) is 14.2. The molecule has 1 amide bonds. The van der Waals surface area contributed by atoms with Crippen molar-refractivity contribution in [3.05, 3.63) is 24.0 Å². The van der Waals surface area contributed by atoms with Gasteiger partial charge in [0.05, 0.1) is 23.0 Å². The SMILES string of the molecule is CC(C)(C)OC(=O)N[C@]1(C)CCN(c2cncc(C(F)(F)F)c2)C1. The number of carbonyl (C=O) groups is 1. The number of carbonyl (C=O) groups excluding carboxylic acids is 1. The first kappa shape index (κ1) is 18.4. The minimum Gasteiger partial charge on any atom is -0.444 e. The number of ether oxygens (including phenoxy) is 1. The Kier molecular flexibility index (Phi) is 4.70. The highest BCUT2D eigenvalue weighted by Crippen LogP contribution is 2.33. The van der Waals surface area contributed by atoms with Gasteiger partial charge in [0.2, 0.25) is 0 Å². The zero-order valence-electron chi connectivity index (χ0n) is 14.2. The molecule has 1 aliphatic heterocycles. The standard InChI is InChI=1S/C16H22F3N3O2/c1-14(2,3)24-13(23)21-15(4)5-6-22(10-15)12-7-11(8-20-9-12)16(17,18)19/h7-9H,5-6,10H2,1-4H3,(H,21,23)/t15-/m1/s1. The summed E-state index contributed by atoms with van der Waals surface area (Å²) in [6.07, 6.45) is -2.16. The highest BCUT2D eigenvalue weighted by Gasteiger charge is 2.37. The molecular weight excluding hydrogens is 323 g/mol. The second-order valence-electron chi connectivity index (χ2n) is 7.29. The van der Waals surface area contributed by atoms with Gasteiger partial charge in [0.25, 0.3) is 0 Å². The van der Waals surface area contributed by atoms with Crippen molar-refractivity contribution in [3.8, 4) is 0 Å². The molecule has 1 N–H and O–H groups in total. The monoisotopic (exact) mass is 345 g/mol. The van der Waals surface area contributed by atoms with E-state index in [0.29, 0.717) is 25.2 Å². The molecule has 0 aromatic carbocycles. The van der Waals surface area contributed by atoms with E-state index < -0.39 is 29.0 Å². The fraction of sp³-hybridized carbons (Fsp3) is 0.625. The Labute approximate surface area is 139 Å². The van der Waals surface area contributed by atoms with E-state index in [-0.39, 0.29) is 0 Å². The average Bonchev–Trinajstić information content (AvgIpc) is 2.77. The van der Waals surface area contributed by atoms with Gasteiger partial charge in [-0.25, -0.2) is 4.79 Å². The largest absolute Gasteiger partial charge is 0.444 e. The number of halogens is 3. The van der Waals surface area contributed by atoms with Crippen molar-refractivity contribution >= 4 is 11.8 Å². The summed E-state index contributed by atoms with van der Waals surface area (Å²) in [7, 11) is 0. The van der Waals surface area contributed by atoms with E-state index in [1.54, 1.807) is 25.7 Å². The maximum absolute atomic E-state index is 12.8. The molecule has 1 aromatic rings. The predicted molar refractivity (Wildman–Crippen MR) is 83.8 cm³/mol. The third kappa shape index (κ3) is 4.75. The van der Waals surface area contributed by atoms with Crippen molar-refractivity contribution < 1.29 is 22.7 Å². The van der Waals surface area contributed by atoms with Crippen LogP contribution in [0.4, 0.5) is 23.7 Å². The van der Waals surface area contributed by atoms with Gasteiger partial charge in [-0.1, -0.05) is 0 Å². The van der Waals surface area contributed by atoms with Crippen LogP contribution in [0.3, 0.4) is 0 Å². The van der Waals surface area contributed by atoms with E-state index in [0.717, 1.165) is 12.3 Å². The first-order chi connectivity index (χ1) is 10.9. The Balaban J connectivity index is 2.06. The summed E-state index contributed by atoms with van der Waals surface area (Å²) in [5.41, 5.74) is -1.58. The molecule has 0 aliphatic carbocycles. The van der Waals surface area contributed by atoms with Gasteiger partial charge in [-0.2, -0.15) is 13.2 Å². The van der Waals surface area contributed by atoms with Crippen molar-refractivity contribution in [2.45, 2.75) is 51.4 Å². The van der Waals surface area contributed by atoms with Crippen molar-refractivity contribution in [1.82, 2.24) is 10.3 Å². The molecule has 1 aliphatic rings. The average molecular weight is 345 g/mol. The summed E-state index contributed by atoms with van der Waals surface area (Å²) in [4.78, 5) is 17.4. The normalized spacial score (nSPS) is 21.7. The van der Waals surface area contributed by atoms with Crippen LogP contribution in [0.25, 0.3) is 0 Å². The number of nitrogens with zero attached hydrogens (tertiary/aromatic N) is 2. The third-order valence-corrected chi connectivity index (χ3v) is 3.69. The lowest BCUT2D eigenvalue weighted by molar-refractivity contribution is -0.137. The third-order valence-electron chi connectivity index (χ3n) is 3.69. The van der Waals surface area contributed by atoms with Gasteiger partial charge in [0.15, 0.2) is 0 Å². The summed E-state index contributed by atoms with van der Waals surface area (Å²) < 4.78 is 43.7. The number of alkyl halides is 3. The molecule has 24 heavy (non-hydrogen) atoms. The van der Waals surface area contributed by atoms with Crippen molar-refractivity contribution in [1.29, 1.82) is 0 Å². The predicted octanol–water partition coefficient (Wildman–Crippen LogP) is 3.59. The Hall–Kier alpha value is -1.99. The molecule has 1 aromatic heterocycles. The van der Waals surface area contributed by atoms with E-state index in [1.807, 2.05) is 6.92 Å². The van der Waals surface area contributed by atoms with Crippen LogP contribution in [-0.4, -0.2) is 35.3 Å². The van der Waals surface area contributed by atoms with Gasteiger partial charge in [0, 0.05) is 19.3 Å². The lowest BCUT2D eigenvalue weighted by Crippen LogP contribution is -2.49. The molecule has 0 saturated carbocycles. The smallest absolute Gasteiger partial charge is 0.417 e. The van der Waals surface area contributed by atoms with Crippen LogP contribution < -0.4 is 10.2 Å². The zero-order chi connectivity index (χ0) is 18.2. The second kappa shape index (κ2) is 6.14. The first-order valence-corrected chi connectivity index (χ1v) is 7.66. The van der Waals surface area contributed by atoms with Gasteiger partial charge < -0.3 is 15.0 Å². The number of nitrogens with one attached hydrogen (secondary N) is 1. The number of hydrogen-bond acceptors (Lipinski definition) is 4. The molecule has 1 fully saturated rings. The maximum atomic E-state index is 12.8. The van der Waals surface area contributed by atoms with E-state index in [1.165, 1.54) is 6.20 Å². The molecule has 1 saturated heterocycles. The summed E-state index contributed by atoms with van der Waals surface area (Å²) in [5, 5.41) is 2.81. The van der Waals surface area contributed by atoms with E-state index in [4.69, 9.17) is 4.74 Å². The van der Waals surface area contributed by atoms with Gasteiger partial charge >= 0.3 is 12.3 Å². The summed E-state index contributed by atoms with van der Waals surface area (Å²) in [5.74, 6) is 0. The van der Waals surface area contributed by atoms with Gasteiger partial charge in [-0.3, -0.25) is 4.98 Å². The topological polar surface area (TPSA) is 54.5 Å². The molecular formula is C16H22F3N3O2. The number of hydrogen-bond donors (Lipinski definition) is 1. The highest BCUT2D eigenvalue weighted by molar-refractivity contribution is 5.69. The lowest BCUT2D eigenvalue weighted by atomic mass is 10.0. The molecule has 0 spiro atoms. The molecule has 5 nitrogen and oxygen atoms in total. The molecule has 2 heterocycles. The van der Waals surface area contributed by atoms with Crippen LogP contribution in [0.5, 0.6) is 0 Å². The number of alkyl carbamates (subject to hydrolysis) is 1. The van der Waals surface area contributed by atoms with Crippen LogP contribution in [-0.2, 0) is 10.9 Å². The number of rotatable bonds is 2. The fourth-order valence-corrected chi connectivity index (χ4v) is 2.59. The maximum Gasteiger partial charge on any atom is 0.417 e. The Morgan fingerprint density at radius 1 is 1.33 bits per heavy atom. The molecule has 0 radical (unpaired) electrons. The number of aromatic nitrogens is 1. The summed E-state index contributed by atoms with van der Waals surface area (Å²) in [6, 6.07) is 1.08. The first-order valence-electron chi connectivity index (χ1n) is 7.66. The van der Waals surface area contributed by atoms with Gasteiger partial charge in [-0.05, 0) is 40.2 Å². The van der Waals surface area contributed by atoms with E-state index >= 15 is 0 Å². The Morgan fingerprint density at radius 3 is 2.58 bits per heavy atom. The molecule has 0 bridgehead atoms. The van der Waals surface area contributed by atoms with E-state index in [9.17, 15) is 18.0 Å². The van der Waals surface area contributed by atoms with Gasteiger partial charge in [-0.15, -0.1) is 0 Å². The van der Waals surface area contributed by atoms with Crippen molar-refractivity contribution in [2.24, 2.45) is 0 Å². The van der Waals surface area contributed by atoms with Crippen LogP contribution in [0, 0.1) is 0 Å². The Morgan fingerprint density at radius 2 is 2.00 bits per heavy atom. The quantitative estimate of drug-likeness (QED) is 0.890.